The Morgan fingerprint density at radius 3 is 2.06 bits per heavy atom. The Kier molecular flexibility index (Phi) is 15.4. The van der Waals surface area contributed by atoms with Gasteiger partial charge in [-0.05, 0) is 36.0 Å². The molecule has 0 radical (unpaired) electrons. The van der Waals surface area contributed by atoms with Gasteiger partial charge in [-0.15, -0.1) is 0 Å². The predicted molar refractivity (Wildman–Crippen MR) is 176 cm³/mol. The quantitative estimate of drug-likeness (QED) is 0.0668. The van der Waals surface area contributed by atoms with E-state index in [4.69, 9.17) is 43.7 Å². The lowest BCUT2D eigenvalue weighted by atomic mass is 9.94. The molecule has 0 aromatic heterocycles. The molecular formula is C33H46N2O13S. The molecule has 0 amide bonds. The molecule has 1 saturated heterocycles. The van der Waals surface area contributed by atoms with E-state index in [0.717, 1.165) is 50.6 Å². The summed E-state index contributed by atoms with van der Waals surface area (Å²) in [6.07, 6.45) is -2.05. The molecule has 1 fully saturated rings. The van der Waals surface area contributed by atoms with Crippen LogP contribution in [0.2, 0.25) is 0 Å². The number of ether oxygens (including phenoxy) is 6. The van der Waals surface area contributed by atoms with Crippen LogP contribution in [-0.4, -0.2) is 88.4 Å². The van der Waals surface area contributed by atoms with Crippen molar-refractivity contribution in [3.63, 3.8) is 0 Å². The molecule has 0 saturated carbocycles. The van der Waals surface area contributed by atoms with Crippen LogP contribution in [0.5, 0.6) is 0 Å². The van der Waals surface area contributed by atoms with Gasteiger partial charge in [0.2, 0.25) is 18.3 Å². The van der Waals surface area contributed by atoms with E-state index in [2.05, 4.69) is 0 Å². The molecular weight excluding hydrogens is 664 g/mol. The van der Waals surface area contributed by atoms with Gasteiger partial charge in [-0.2, -0.15) is 8.42 Å². The number of esters is 4. The van der Waals surface area contributed by atoms with Crippen LogP contribution in [0.25, 0.3) is 6.08 Å². The van der Waals surface area contributed by atoms with E-state index in [1.54, 1.807) is 6.08 Å². The molecule has 0 bridgehead atoms. The average molecular weight is 711 g/mol. The minimum Gasteiger partial charge on any atom is -0.463 e. The van der Waals surface area contributed by atoms with E-state index >= 15 is 0 Å². The topological polar surface area (TPSA) is 217 Å². The van der Waals surface area contributed by atoms with Gasteiger partial charge in [0.15, 0.2) is 12.2 Å². The standard InChI is InChI=1S/C33H46N2O13S/c1-18(2)28(34)26(16-25-13-12-24(15-19(25)3)11-9-10-14-43-49(8,40)41)32(35)48-33-31(46-23(7)39)30(45-22(6)38)29(44-21(5)37)27(47-33)17-42-20(4)36/h9,11-13,15,18,27,29-31,33,35H,10,14,16-17,34H2,1-8H3/b11-9+,28-26-,35-32?/t27-,29-,30+,31-,33+/m1/s1. The van der Waals surface area contributed by atoms with Crippen LogP contribution < -0.4 is 5.73 Å². The van der Waals surface area contributed by atoms with Crippen molar-refractivity contribution in [1.82, 2.24) is 0 Å². The second kappa shape index (κ2) is 18.5. The number of nitrogens with two attached hydrogens (primary N) is 1. The maximum Gasteiger partial charge on any atom is 0.303 e. The molecule has 1 aromatic carbocycles. The van der Waals surface area contributed by atoms with E-state index in [9.17, 15) is 27.6 Å². The third-order valence-corrected chi connectivity index (χ3v) is 7.65. The molecule has 1 heterocycles. The van der Waals surface area contributed by atoms with Crippen molar-refractivity contribution in [2.75, 3.05) is 19.5 Å². The average Bonchev–Trinajstić information content (AvgIpc) is 2.96. The molecule has 1 aliphatic rings. The number of benzene rings is 1. The molecule has 0 aliphatic carbocycles. The Balaban J connectivity index is 2.45. The van der Waals surface area contributed by atoms with Crippen LogP contribution in [-0.2, 0) is 68.3 Å². The molecule has 3 N–H and O–H groups in total. The lowest BCUT2D eigenvalue weighted by Gasteiger charge is -2.44. The maximum absolute atomic E-state index is 12.2. The summed E-state index contributed by atoms with van der Waals surface area (Å²) in [5, 5.41) is 9.00. The fourth-order valence-corrected chi connectivity index (χ4v) is 5.23. The summed E-state index contributed by atoms with van der Waals surface area (Å²) >= 11 is 0. The van der Waals surface area contributed by atoms with Gasteiger partial charge in [0.25, 0.3) is 10.1 Å². The Morgan fingerprint density at radius 1 is 0.939 bits per heavy atom. The Bertz CT molecular complexity index is 1550. The first kappa shape index (κ1) is 40.9. The highest BCUT2D eigenvalue weighted by molar-refractivity contribution is 7.85. The highest BCUT2D eigenvalue weighted by atomic mass is 32.2. The van der Waals surface area contributed by atoms with E-state index in [0.29, 0.717) is 17.7 Å². The molecule has 0 unspecified atom stereocenters. The first-order valence-corrected chi connectivity index (χ1v) is 17.3. The van der Waals surface area contributed by atoms with Crippen molar-refractivity contribution in [1.29, 1.82) is 5.41 Å². The summed E-state index contributed by atoms with van der Waals surface area (Å²) in [6.45, 7) is 9.61. The molecule has 16 heteroatoms. The van der Waals surface area contributed by atoms with Crippen molar-refractivity contribution in [3.05, 3.63) is 52.2 Å². The lowest BCUT2D eigenvalue weighted by Crippen LogP contribution is -2.63. The van der Waals surface area contributed by atoms with Crippen LogP contribution in [0, 0.1) is 18.3 Å². The molecule has 15 nitrogen and oxygen atoms in total. The van der Waals surface area contributed by atoms with Crippen LogP contribution >= 0.6 is 0 Å². The summed E-state index contributed by atoms with van der Waals surface area (Å²) in [5.41, 5.74) is 9.66. The zero-order valence-corrected chi connectivity index (χ0v) is 29.8. The SMILES string of the molecule is CC(=O)OC[C@H]1O[C@@H](OC(=N)/C(Cc2ccc(/C=C/CCOS(C)(=O)=O)cc2C)=C(\N)C(C)C)[C@H](OC(C)=O)[C@@H](OC(C)=O)[C@@H]1OC(C)=O. The zero-order chi connectivity index (χ0) is 37.1. The third-order valence-electron chi connectivity index (χ3n) is 7.05. The molecule has 2 rings (SSSR count). The Hall–Kier alpha value is -4.28. The van der Waals surface area contributed by atoms with Crippen LogP contribution in [0.3, 0.4) is 0 Å². The largest absolute Gasteiger partial charge is 0.463 e. The van der Waals surface area contributed by atoms with Crippen molar-refractivity contribution >= 4 is 46.0 Å². The summed E-state index contributed by atoms with van der Waals surface area (Å²) in [4.78, 5) is 48.0. The summed E-state index contributed by atoms with van der Waals surface area (Å²) in [7, 11) is -3.52. The monoisotopic (exact) mass is 710 g/mol. The minimum absolute atomic E-state index is 0.0245. The molecule has 1 aromatic rings. The van der Waals surface area contributed by atoms with Crippen molar-refractivity contribution in [3.8, 4) is 0 Å². The predicted octanol–water partition coefficient (Wildman–Crippen LogP) is 2.86. The van der Waals surface area contributed by atoms with Gasteiger partial charge in [0.05, 0.1) is 12.9 Å². The number of carbonyl (C=O) groups is 4. The van der Waals surface area contributed by atoms with E-state index in [1.807, 2.05) is 45.0 Å². The summed E-state index contributed by atoms with van der Waals surface area (Å²) in [6, 6.07) is 5.62. The number of nitrogens with one attached hydrogen (secondary N) is 1. The van der Waals surface area contributed by atoms with E-state index in [-0.39, 0.29) is 18.9 Å². The molecule has 49 heavy (non-hydrogen) atoms. The van der Waals surface area contributed by atoms with Crippen LogP contribution in [0.15, 0.2) is 35.5 Å². The first-order valence-electron chi connectivity index (χ1n) is 15.4. The zero-order valence-electron chi connectivity index (χ0n) is 29.0. The number of allylic oxidation sites excluding steroid dienone is 1. The molecule has 0 spiro atoms. The van der Waals surface area contributed by atoms with Gasteiger partial charge < -0.3 is 34.2 Å². The Morgan fingerprint density at radius 2 is 1.53 bits per heavy atom. The van der Waals surface area contributed by atoms with Crippen molar-refractivity contribution < 1.29 is 60.2 Å². The third kappa shape index (κ3) is 13.6. The lowest BCUT2D eigenvalue weighted by molar-refractivity contribution is -0.291. The maximum atomic E-state index is 12.2. The fourth-order valence-electron chi connectivity index (χ4n) is 4.83. The molecule has 1 aliphatic heterocycles. The number of carbonyl (C=O) groups excluding carboxylic acids is 4. The molecule has 272 valence electrons. The normalized spacial score (nSPS) is 21.4. The summed E-state index contributed by atoms with van der Waals surface area (Å²) in [5.74, 6) is -3.71. The minimum atomic E-state index is -3.52. The van der Waals surface area contributed by atoms with Gasteiger partial charge in [-0.1, -0.05) is 44.2 Å². The van der Waals surface area contributed by atoms with Gasteiger partial charge in [0.1, 0.15) is 12.7 Å². The highest BCUT2D eigenvalue weighted by Crippen LogP contribution is 2.31. The Labute approximate surface area is 286 Å². The highest BCUT2D eigenvalue weighted by Gasteiger charge is 2.53. The molecule has 5 atom stereocenters. The van der Waals surface area contributed by atoms with E-state index < -0.39 is 77.2 Å². The first-order chi connectivity index (χ1) is 22.8. The van der Waals surface area contributed by atoms with Gasteiger partial charge in [0, 0.05) is 45.4 Å². The van der Waals surface area contributed by atoms with Crippen molar-refractivity contribution in [2.45, 2.75) is 92.0 Å². The van der Waals surface area contributed by atoms with Crippen LogP contribution in [0.1, 0.15) is 64.7 Å². The smallest absolute Gasteiger partial charge is 0.303 e. The number of rotatable bonds is 15. The second-order valence-corrected chi connectivity index (χ2v) is 13.3. The van der Waals surface area contributed by atoms with Crippen molar-refractivity contribution in [2.24, 2.45) is 11.7 Å². The van der Waals surface area contributed by atoms with Gasteiger partial charge in [-0.25, -0.2) is 0 Å². The number of hydrogen-bond donors (Lipinski definition) is 2. The number of aryl methyl sites for hydroxylation is 1. The fraction of sp³-hybridized carbons (Fsp3) is 0.545. The van der Waals surface area contributed by atoms with Crippen LogP contribution in [0.4, 0.5) is 0 Å². The second-order valence-electron chi connectivity index (χ2n) is 11.7. The van der Waals surface area contributed by atoms with E-state index in [1.165, 1.54) is 0 Å². The van der Waals surface area contributed by atoms with Gasteiger partial charge >= 0.3 is 23.9 Å². The van der Waals surface area contributed by atoms with Gasteiger partial charge in [-0.3, -0.25) is 28.8 Å². The summed E-state index contributed by atoms with van der Waals surface area (Å²) < 4.78 is 60.4. The number of hydrogen-bond acceptors (Lipinski definition) is 15.